The Bertz CT molecular complexity index is 736. The lowest BCUT2D eigenvalue weighted by molar-refractivity contribution is 0.102. The number of anilines is 2. The predicted molar refractivity (Wildman–Crippen MR) is 96.5 cm³/mol. The molecule has 0 aliphatic carbocycles. The van der Waals surface area contributed by atoms with Gasteiger partial charge in [0.25, 0.3) is 5.91 Å². The van der Waals surface area contributed by atoms with E-state index in [1.807, 2.05) is 38.1 Å². The van der Waals surface area contributed by atoms with Crippen LogP contribution in [0.3, 0.4) is 0 Å². The van der Waals surface area contributed by atoms with E-state index in [0.29, 0.717) is 11.3 Å². The SMILES string of the molecule is Cc1cccc(NC(=O)c2cnc(N3CCC(C)CC3)nc2C)c1. The maximum Gasteiger partial charge on any atom is 0.259 e. The molecule has 2 heterocycles. The van der Waals surface area contributed by atoms with E-state index in [9.17, 15) is 4.79 Å². The van der Waals surface area contributed by atoms with E-state index < -0.39 is 0 Å². The summed E-state index contributed by atoms with van der Waals surface area (Å²) in [5, 5.41) is 2.91. The van der Waals surface area contributed by atoms with Crippen LogP contribution in [0.2, 0.25) is 0 Å². The summed E-state index contributed by atoms with van der Waals surface area (Å²) in [6.07, 6.45) is 3.97. The number of hydrogen-bond acceptors (Lipinski definition) is 4. The first-order valence-corrected chi connectivity index (χ1v) is 8.49. The summed E-state index contributed by atoms with van der Waals surface area (Å²) in [6.45, 7) is 8.11. The zero-order valence-corrected chi connectivity index (χ0v) is 14.5. The van der Waals surface area contributed by atoms with E-state index in [-0.39, 0.29) is 5.91 Å². The lowest BCUT2D eigenvalue weighted by Gasteiger charge is -2.30. The Morgan fingerprint density at radius 1 is 1.25 bits per heavy atom. The predicted octanol–water partition coefficient (Wildman–Crippen LogP) is 3.58. The Kier molecular flexibility index (Phi) is 4.79. The third kappa shape index (κ3) is 3.72. The second-order valence-electron chi connectivity index (χ2n) is 6.66. The number of rotatable bonds is 3. The van der Waals surface area contributed by atoms with Crippen molar-refractivity contribution in [1.82, 2.24) is 9.97 Å². The van der Waals surface area contributed by atoms with Gasteiger partial charge >= 0.3 is 0 Å². The number of amides is 1. The maximum atomic E-state index is 12.5. The minimum atomic E-state index is -0.170. The van der Waals surface area contributed by atoms with Gasteiger partial charge in [-0.1, -0.05) is 19.1 Å². The lowest BCUT2D eigenvalue weighted by Crippen LogP contribution is -2.34. The number of nitrogens with one attached hydrogen (secondary N) is 1. The first-order chi connectivity index (χ1) is 11.5. The van der Waals surface area contributed by atoms with Crippen LogP contribution in [0.5, 0.6) is 0 Å². The summed E-state index contributed by atoms with van der Waals surface area (Å²) in [4.78, 5) is 23.7. The molecule has 126 valence electrons. The van der Waals surface area contributed by atoms with E-state index in [2.05, 4.69) is 27.1 Å². The normalized spacial score (nSPS) is 15.4. The van der Waals surface area contributed by atoms with Crippen LogP contribution in [0.25, 0.3) is 0 Å². The van der Waals surface area contributed by atoms with Gasteiger partial charge in [-0.2, -0.15) is 0 Å². The molecule has 1 fully saturated rings. The molecule has 1 aliphatic heterocycles. The summed E-state index contributed by atoms with van der Waals surface area (Å²) in [5.74, 6) is 1.32. The molecular weight excluding hydrogens is 300 g/mol. The van der Waals surface area contributed by atoms with Crippen LogP contribution in [-0.2, 0) is 0 Å². The first kappa shape index (κ1) is 16.4. The largest absolute Gasteiger partial charge is 0.341 e. The van der Waals surface area contributed by atoms with Crippen molar-refractivity contribution >= 4 is 17.5 Å². The van der Waals surface area contributed by atoms with Crippen LogP contribution in [0.4, 0.5) is 11.6 Å². The molecule has 1 aromatic heterocycles. The molecule has 5 heteroatoms. The molecule has 0 unspecified atom stereocenters. The average Bonchev–Trinajstić information content (AvgIpc) is 2.55. The fraction of sp³-hybridized carbons (Fsp3) is 0.421. The monoisotopic (exact) mass is 324 g/mol. The Hall–Kier alpha value is -2.43. The maximum absolute atomic E-state index is 12.5. The quantitative estimate of drug-likeness (QED) is 0.937. The zero-order valence-electron chi connectivity index (χ0n) is 14.5. The lowest BCUT2D eigenvalue weighted by atomic mass is 10.00. The Balaban J connectivity index is 1.73. The number of hydrogen-bond donors (Lipinski definition) is 1. The number of aromatic nitrogens is 2. The fourth-order valence-corrected chi connectivity index (χ4v) is 2.96. The molecule has 0 spiro atoms. The van der Waals surface area contributed by atoms with E-state index in [0.717, 1.165) is 49.0 Å². The van der Waals surface area contributed by atoms with Crippen molar-refractivity contribution in [2.75, 3.05) is 23.3 Å². The first-order valence-electron chi connectivity index (χ1n) is 8.49. The van der Waals surface area contributed by atoms with Crippen molar-refractivity contribution in [2.24, 2.45) is 5.92 Å². The number of aryl methyl sites for hydroxylation is 2. The number of carbonyl (C=O) groups is 1. The topological polar surface area (TPSA) is 58.1 Å². The highest BCUT2D eigenvalue weighted by Gasteiger charge is 2.19. The van der Waals surface area contributed by atoms with Gasteiger partial charge in [-0.05, 0) is 50.3 Å². The van der Waals surface area contributed by atoms with Gasteiger partial charge in [0.05, 0.1) is 11.3 Å². The molecule has 1 aromatic carbocycles. The fourth-order valence-electron chi connectivity index (χ4n) is 2.96. The molecule has 2 aromatic rings. The van der Waals surface area contributed by atoms with Crippen LogP contribution in [0.15, 0.2) is 30.5 Å². The van der Waals surface area contributed by atoms with Gasteiger partial charge in [0.2, 0.25) is 5.95 Å². The van der Waals surface area contributed by atoms with Crippen molar-refractivity contribution < 1.29 is 4.79 Å². The molecule has 1 saturated heterocycles. The van der Waals surface area contributed by atoms with Crippen LogP contribution in [0, 0.1) is 19.8 Å². The molecule has 3 rings (SSSR count). The van der Waals surface area contributed by atoms with Gasteiger partial charge in [-0.25, -0.2) is 9.97 Å². The molecule has 1 amide bonds. The zero-order chi connectivity index (χ0) is 17.1. The van der Waals surface area contributed by atoms with Crippen molar-refractivity contribution in [2.45, 2.75) is 33.6 Å². The Labute approximate surface area is 143 Å². The standard InChI is InChI=1S/C19H24N4O/c1-13-7-9-23(10-8-13)19-20-12-17(15(3)21-19)18(24)22-16-6-4-5-14(2)11-16/h4-6,11-13H,7-10H2,1-3H3,(H,22,24). The summed E-state index contributed by atoms with van der Waals surface area (Å²) in [6, 6.07) is 7.74. The molecule has 0 bridgehead atoms. The summed E-state index contributed by atoms with van der Waals surface area (Å²) in [5.41, 5.74) is 3.12. The number of piperidine rings is 1. The molecule has 1 aliphatic rings. The molecular formula is C19H24N4O. The second-order valence-corrected chi connectivity index (χ2v) is 6.66. The summed E-state index contributed by atoms with van der Waals surface area (Å²) < 4.78 is 0. The van der Waals surface area contributed by atoms with Gasteiger partial charge < -0.3 is 10.2 Å². The number of benzene rings is 1. The highest BCUT2D eigenvalue weighted by atomic mass is 16.1. The van der Waals surface area contributed by atoms with Crippen LogP contribution < -0.4 is 10.2 Å². The smallest absolute Gasteiger partial charge is 0.259 e. The molecule has 24 heavy (non-hydrogen) atoms. The molecule has 0 saturated carbocycles. The number of carbonyl (C=O) groups excluding carboxylic acids is 1. The van der Waals surface area contributed by atoms with Crippen LogP contribution in [0.1, 0.15) is 41.4 Å². The highest BCUT2D eigenvalue weighted by molar-refractivity contribution is 6.04. The molecule has 0 radical (unpaired) electrons. The Morgan fingerprint density at radius 3 is 2.67 bits per heavy atom. The highest BCUT2D eigenvalue weighted by Crippen LogP contribution is 2.21. The number of nitrogens with zero attached hydrogens (tertiary/aromatic N) is 3. The van der Waals surface area contributed by atoms with Crippen molar-refractivity contribution in [3.05, 3.63) is 47.3 Å². The van der Waals surface area contributed by atoms with Gasteiger partial charge in [0, 0.05) is 25.0 Å². The van der Waals surface area contributed by atoms with Gasteiger partial charge in [-0.15, -0.1) is 0 Å². The average molecular weight is 324 g/mol. The van der Waals surface area contributed by atoms with Crippen LogP contribution >= 0.6 is 0 Å². The second kappa shape index (κ2) is 6.99. The summed E-state index contributed by atoms with van der Waals surface area (Å²) >= 11 is 0. The van der Waals surface area contributed by atoms with Gasteiger partial charge in [-0.3, -0.25) is 4.79 Å². The van der Waals surface area contributed by atoms with Gasteiger partial charge in [0.15, 0.2) is 0 Å². The van der Waals surface area contributed by atoms with Crippen molar-refractivity contribution in [3.8, 4) is 0 Å². The molecule has 1 N–H and O–H groups in total. The Morgan fingerprint density at radius 2 is 2.00 bits per heavy atom. The van der Waals surface area contributed by atoms with E-state index in [1.54, 1.807) is 6.20 Å². The summed E-state index contributed by atoms with van der Waals surface area (Å²) in [7, 11) is 0. The molecule has 0 atom stereocenters. The van der Waals surface area contributed by atoms with Crippen molar-refractivity contribution in [3.63, 3.8) is 0 Å². The third-order valence-electron chi connectivity index (χ3n) is 4.55. The van der Waals surface area contributed by atoms with Crippen LogP contribution in [-0.4, -0.2) is 29.0 Å². The van der Waals surface area contributed by atoms with Crippen molar-refractivity contribution in [1.29, 1.82) is 0 Å². The van der Waals surface area contributed by atoms with Gasteiger partial charge in [0.1, 0.15) is 0 Å². The third-order valence-corrected chi connectivity index (χ3v) is 4.55. The van der Waals surface area contributed by atoms with E-state index in [1.165, 1.54) is 0 Å². The molecule has 5 nitrogen and oxygen atoms in total. The minimum Gasteiger partial charge on any atom is -0.341 e. The minimum absolute atomic E-state index is 0.170. The van der Waals surface area contributed by atoms with E-state index in [4.69, 9.17) is 0 Å². The van der Waals surface area contributed by atoms with E-state index >= 15 is 0 Å².